The Hall–Kier alpha value is -1.01. The maximum absolute atomic E-state index is 13.0. The summed E-state index contributed by atoms with van der Waals surface area (Å²) in [6.07, 6.45) is 8.49. The third kappa shape index (κ3) is 19.1. The lowest BCUT2D eigenvalue weighted by Gasteiger charge is -2.46. The number of amides is 1. The van der Waals surface area contributed by atoms with Gasteiger partial charge in [0, 0.05) is 6.42 Å². The number of aliphatic hydroxyl groups is 8. The van der Waals surface area contributed by atoms with Gasteiger partial charge in [-0.2, -0.15) is 0 Å². The largest absolute Gasteiger partial charge is 0.394 e. The van der Waals surface area contributed by atoms with Gasteiger partial charge in [0.1, 0.15) is 48.8 Å². The van der Waals surface area contributed by atoms with Crippen LogP contribution in [0, 0.1) is 0 Å². The lowest BCUT2D eigenvalue weighted by Crippen LogP contribution is -2.65. The molecule has 0 aliphatic carbocycles. The molecule has 2 rings (SSSR count). The van der Waals surface area contributed by atoms with Crippen molar-refractivity contribution in [3.8, 4) is 0 Å². The predicted molar refractivity (Wildman–Crippen MR) is 208 cm³/mol. The van der Waals surface area contributed by atoms with Crippen molar-refractivity contribution in [2.45, 2.75) is 235 Å². The average molecular weight is 794 g/mol. The number of nitrogens with one attached hydrogen (secondary N) is 1. The first-order valence-corrected chi connectivity index (χ1v) is 21.8. The molecule has 1 amide bonds. The summed E-state index contributed by atoms with van der Waals surface area (Å²) in [5.41, 5.74) is 0. The number of rotatable bonds is 32. The highest BCUT2D eigenvalue weighted by Gasteiger charge is 2.51. The second-order valence-electron chi connectivity index (χ2n) is 15.8. The van der Waals surface area contributed by atoms with Crippen molar-refractivity contribution in [2.75, 3.05) is 19.8 Å². The standard InChI is InChI=1S/C41H79NO13/c1-3-5-7-9-11-13-14-15-16-17-19-21-23-25-33(46)42-29(30(45)24-22-20-18-12-10-8-6-4-2)28-52-40-38(51)36(49)39(32(27-44)54-40)55-41-37(50)35(48)34(47)31(26-43)53-41/h29-32,34-41,43-45,47-51H,3-28H2,1-2H3,(H,42,46). The normalized spacial score (nSPS) is 29.6. The molecule has 12 unspecified atom stereocenters. The summed E-state index contributed by atoms with van der Waals surface area (Å²) in [7, 11) is 0. The zero-order valence-electron chi connectivity index (χ0n) is 33.9. The fourth-order valence-electron chi connectivity index (χ4n) is 7.41. The van der Waals surface area contributed by atoms with Crippen LogP contribution in [-0.4, -0.2) is 140 Å². The Labute approximate surface area is 330 Å². The quantitative estimate of drug-likeness (QED) is 0.0445. The van der Waals surface area contributed by atoms with Gasteiger partial charge in [0.05, 0.1) is 32.0 Å². The molecule has 0 radical (unpaired) electrons. The lowest BCUT2D eigenvalue weighted by atomic mass is 9.97. The van der Waals surface area contributed by atoms with Crippen molar-refractivity contribution in [1.82, 2.24) is 5.32 Å². The summed E-state index contributed by atoms with van der Waals surface area (Å²) in [6.45, 7) is 2.78. The maximum Gasteiger partial charge on any atom is 0.220 e. The molecule has 0 spiro atoms. The molecule has 2 fully saturated rings. The van der Waals surface area contributed by atoms with Crippen molar-refractivity contribution >= 4 is 5.91 Å². The van der Waals surface area contributed by atoms with E-state index in [0.717, 1.165) is 51.4 Å². The van der Waals surface area contributed by atoms with Gasteiger partial charge in [0.2, 0.25) is 5.91 Å². The molecule has 2 aliphatic heterocycles. The van der Waals surface area contributed by atoms with E-state index in [1.807, 2.05) is 0 Å². The molecule has 0 bridgehead atoms. The molecule has 2 aliphatic rings. The van der Waals surface area contributed by atoms with Crippen LogP contribution in [0.3, 0.4) is 0 Å². The first-order valence-electron chi connectivity index (χ1n) is 21.8. The SMILES string of the molecule is CCCCCCCCCCCCCCCC(=O)NC(COC1OC(CO)C(OC2OC(CO)C(O)C(O)C2O)C(O)C1O)C(O)CCCCCCCCCC. The molecule has 2 heterocycles. The smallest absolute Gasteiger partial charge is 0.220 e. The number of ether oxygens (including phenoxy) is 4. The molecule has 0 aromatic carbocycles. The van der Waals surface area contributed by atoms with Crippen molar-refractivity contribution in [1.29, 1.82) is 0 Å². The van der Waals surface area contributed by atoms with E-state index in [0.29, 0.717) is 12.8 Å². The summed E-state index contributed by atoms with van der Waals surface area (Å²) in [6, 6.07) is -0.817. The number of carbonyl (C=O) groups excluding carboxylic acids is 1. The Bertz CT molecular complexity index is 946. The highest BCUT2D eigenvalue weighted by atomic mass is 16.7. The summed E-state index contributed by atoms with van der Waals surface area (Å²) in [5.74, 6) is -0.210. The van der Waals surface area contributed by atoms with Crippen molar-refractivity contribution < 1.29 is 64.6 Å². The number of hydrogen-bond donors (Lipinski definition) is 9. The minimum absolute atomic E-state index is 0.210. The second-order valence-corrected chi connectivity index (χ2v) is 15.8. The van der Waals surface area contributed by atoms with Crippen molar-refractivity contribution in [2.24, 2.45) is 0 Å². The van der Waals surface area contributed by atoms with Gasteiger partial charge >= 0.3 is 0 Å². The molecule has 12 atom stereocenters. The molecule has 0 saturated carbocycles. The molecule has 9 N–H and O–H groups in total. The third-order valence-electron chi connectivity index (χ3n) is 11.1. The van der Waals surface area contributed by atoms with Crippen LogP contribution in [0.1, 0.15) is 162 Å². The van der Waals surface area contributed by atoms with E-state index in [4.69, 9.17) is 18.9 Å². The maximum atomic E-state index is 13.0. The average Bonchev–Trinajstić information content (AvgIpc) is 3.18. The van der Waals surface area contributed by atoms with Crippen LogP contribution in [-0.2, 0) is 23.7 Å². The molecule has 55 heavy (non-hydrogen) atoms. The Balaban J connectivity index is 1.88. The fraction of sp³-hybridized carbons (Fsp3) is 0.976. The summed E-state index contributed by atoms with van der Waals surface area (Å²) < 4.78 is 22.6. The van der Waals surface area contributed by atoms with Crippen LogP contribution >= 0.6 is 0 Å². The molecule has 14 nitrogen and oxygen atoms in total. The monoisotopic (exact) mass is 794 g/mol. The van der Waals surface area contributed by atoms with Gasteiger partial charge in [-0.15, -0.1) is 0 Å². The lowest BCUT2D eigenvalue weighted by molar-refractivity contribution is -0.359. The topological polar surface area (TPSA) is 228 Å². The third-order valence-corrected chi connectivity index (χ3v) is 11.1. The minimum atomic E-state index is -1.78. The number of hydrogen-bond acceptors (Lipinski definition) is 13. The van der Waals surface area contributed by atoms with Crippen LogP contribution in [0.4, 0.5) is 0 Å². The van der Waals surface area contributed by atoms with Crippen LogP contribution in [0.25, 0.3) is 0 Å². The van der Waals surface area contributed by atoms with Gasteiger partial charge in [-0.3, -0.25) is 4.79 Å². The Kier molecular flexibility index (Phi) is 27.4. The summed E-state index contributed by atoms with van der Waals surface area (Å²) in [4.78, 5) is 13.0. The fourth-order valence-corrected chi connectivity index (χ4v) is 7.41. The van der Waals surface area contributed by atoms with Gasteiger partial charge < -0.3 is 65.1 Å². The van der Waals surface area contributed by atoms with Crippen LogP contribution < -0.4 is 5.32 Å². The van der Waals surface area contributed by atoms with Gasteiger partial charge in [0.15, 0.2) is 12.6 Å². The molecule has 2 saturated heterocycles. The Morgan fingerprint density at radius 3 is 1.55 bits per heavy atom. The molecule has 0 aromatic rings. The predicted octanol–water partition coefficient (Wildman–Crippen LogP) is 3.48. The van der Waals surface area contributed by atoms with Gasteiger partial charge in [0.25, 0.3) is 0 Å². The Morgan fingerprint density at radius 2 is 1.04 bits per heavy atom. The van der Waals surface area contributed by atoms with Crippen LogP contribution in [0.2, 0.25) is 0 Å². The molecular weight excluding hydrogens is 714 g/mol. The van der Waals surface area contributed by atoms with E-state index in [-0.39, 0.29) is 12.5 Å². The van der Waals surface area contributed by atoms with E-state index in [2.05, 4.69) is 19.2 Å². The van der Waals surface area contributed by atoms with E-state index in [1.54, 1.807) is 0 Å². The van der Waals surface area contributed by atoms with Crippen molar-refractivity contribution in [3.63, 3.8) is 0 Å². The molecule has 14 heteroatoms. The van der Waals surface area contributed by atoms with Gasteiger partial charge in [-0.05, 0) is 12.8 Å². The highest BCUT2D eigenvalue weighted by molar-refractivity contribution is 5.76. The molecule has 0 aromatic heterocycles. The van der Waals surface area contributed by atoms with Crippen LogP contribution in [0.5, 0.6) is 0 Å². The summed E-state index contributed by atoms with van der Waals surface area (Å²) >= 11 is 0. The van der Waals surface area contributed by atoms with Crippen molar-refractivity contribution in [3.05, 3.63) is 0 Å². The first kappa shape index (κ1) is 50.1. The first-order chi connectivity index (χ1) is 26.6. The van der Waals surface area contributed by atoms with E-state index >= 15 is 0 Å². The molecule has 326 valence electrons. The van der Waals surface area contributed by atoms with E-state index < -0.39 is 86.8 Å². The molecular formula is C41H79NO13. The van der Waals surface area contributed by atoms with Crippen LogP contribution in [0.15, 0.2) is 0 Å². The summed E-state index contributed by atoms with van der Waals surface area (Å²) in [5, 5.41) is 86.3. The minimum Gasteiger partial charge on any atom is -0.394 e. The Morgan fingerprint density at radius 1 is 0.582 bits per heavy atom. The van der Waals surface area contributed by atoms with Gasteiger partial charge in [-0.1, -0.05) is 142 Å². The second kappa shape index (κ2) is 30.1. The number of carbonyl (C=O) groups is 1. The highest BCUT2D eigenvalue weighted by Crippen LogP contribution is 2.30. The number of unbranched alkanes of at least 4 members (excludes halogenated alkanes) is 19. The van der Waals surface area contributed by atoms with Gasteiger partial charge in [-0.25, -0.2) is 0 Å². The zero-order chi connectivity index (χ0) is 40.4. The zero-order valence-corrected chi connectivity index (χ0v) is 33.9. The van der Waals surface area contributed by atoms with E-state index in [1.165, 1.54) is 83.5 Å². The van der Waals surface area contributed by atoms with E-state index in [9.17, 15) is 45.6 Å². The number of aliphatic hydroxyl groups excluding tert-OH is 8.